The van der Waals surface area contributed by atoms with Crippen LogP contribution in [0.4, 0.5) is 4.79 Å². The van der Waals surface area contributed by atoms with E-state index in [9.17, 15) is 4.79 Å². The van der Waals surface area contributed by atoms with Crippen LogP contribution in [0.15, 0.2) is 24.3 Å². The Hall–Kier alpha value is -1.55. The summed E-state index contributed by atoms with van der Waals surface area (Å²) >= 11 is 0. The van der Waals surface area contributed by atoms with Gasteiger partial charge in [0.1, 0.15) is 0 Å². The second-order valence-electron chi connectivity index (χ2n) is 6.66. The molecule has 0 saturated carbocycles. The van der Waals surface area contributed by atoms with Gasteiger partial charge < -0.3 is 10.2 Å². The molecule has 1 aromatic rings. The van der Waals surface area contributed by atoms with Crippen molar-refractivity contribution in [1.29, 1.82) is 0 Å². The Morgan fingerprint density at radius 3 is 2.68 bits per heavy atom. The van der Waals surface area contributed by atoms with Crippen molar-refractivity contribution in [3.63, 3.8) is 0 Å². The van der Waals surface area contributed by atoms with Crippen LogP contribution >= 0.6 is 0 Å². The number of hydrogen-bond donors (Lipinski definition) is 1. The SMILES string of the molecule is Cc1ccccc1[C@@H](C)NC(=O)N1CC[C@@H](N2CCCC2)C1. The number of carbonyl (C=O) groups excluding carboxylic acids is 1. The average Bonchev–Trinajstić information content (AvgIpc) is 3.18. The van der Waals surface area contributed by atoms with Crippen molar-refractivity contribution in [2.45, 2.75) is 45.2 Å². The van der Waals surface area contributed by atoms with Crippen molar-refractivity contribution in [1.82, 2.24) is 15.1 Å². The second kappa shape index (κ2) is 6.69. The summed E-state index contributed by atoms with van der Waals surface area (Å²) in [6.07, 6.45) is 3.74. The molecule has 2 atom stereocenters. The van der Waals surface area contributed by atoms with Gasteiger partial charge in [0.2, 0.25) is 0 Å². The second-order valence-corrected chi connectivity index (χ2v) is 6.66. The molecule has 2 amide bonds. The first kappa shape index (κ1) is 15.3. The van der Waals surface area contributed by atoms with Crippen molar-refractivity contribution >= 4 is 6.03 Å². The predicted octanol–water partition coefficient (Wildman–Crippen LogP) is 2.94. The fourth-order valence-electron chi connectivity index (χ4n) is 3.76. The zero-order valence-electron chi connectivity index (χ0n) is 13.7. The third-order valence-electron chi connectivity index (χ3n) is 5.10. The highest BCUT2D eigenvalue weighted by Crippen LogP contribution is 2.22. The summed E-state index contributed by atoms with van der Waals surface area (Å²) in [5.41, 5.74) is 2.43. The van der Waals surface area contributed by atoms with Crippen LogP contribution in [0.25, 0.3) is 0 Å². The number of nitrogens with one attached hydrogen (secondary N) is 1. The highest BCUT2D eigenvalue weighted by Gasteiger charge is 2.31. The molecule has 2 heterocycles. The Bertz CT molecular complexity index is 525. The summed E-state index contributed by atoms with van der Waals surface area (Å²) in [4.78, 5) is 17.0. The lowest BCUT2D eigenvalue weighted by Gasteiger charge is -2.25. The average molecular weight is 301 g/mol. The Morgan fingerprint density at radius 2 is 1.95 bits per heavy atom. The highest BCUT2D eigenvalue weighted by molar-refractivity contribution is 5.75. The van der Waals surface area contributed by atoms with Crippen LogP contribution in [-0.2, 0) is 0 Å². The zero-order valence-corrected chi connectivity index (χ0v) is 13.7. The molecule has 0 aromatic heterocycles. The number of hydrogen-bond acceptors (Lipinski definition) is 2. The van der Waals surface area contributed by atoms with Crippen LogP contribution in [0.1, 0.15) is 43.4 Å². The van der Waals surface area contributed by atoms with Crippen LogP contribution in [0.3, 0.4) is 0 Å². The predicted molar refractivity (Wildman–Crippen MR) is 88.9 cm³/mol. The van der Waals surface area contributed by atoms with E-state index in [4.69, 9.17) is 0 Å². The highest BCUT2D eigenvalue weighted by atomic mass is 16.2. The lowest BCUT2D eigenvalue weighted by atomic mass is 10.0. The van der Waals surface area contributed by atoms with Crippen molar-refractivity contribution in [2.75, 3.05) is 26.2 Å². The number of amides is 2. The molecule has 4 heteroatoms. The molecule has 1 N–H and O–H groups in total. The van der Waals surface area contributed by atoms with Crippen LogP contribution in [-0.4, -0.2) is 48.1 Å². The molecule has 0 spiro atoms. The molecule has 0 radical (unpaired) electrons. The first-order chi connectivity index (χ1) is 10.6. The first-order valence-electron chi connectivity index (χ1n) is 8.50. The van der Waals surface area contributed by atoms with E-state index >= 15 is 0 Å². The van der Waals surface area contributed by atoms with Crippen molar-refractivity contribution in [3.05, 3.63) is 35.4 Å². The van der Waals surface area contributed by atoms with Gasteiger partial charge in [-0.15, -0.1) is 0 Å². The molecular formula is C18H27N3O. The lowest BCUT2D eigenvalue weighted by molar-refractivity contribution is 0.196. The van der Waals surface area contributed by atoms with Crippen LogP contribution < -0.4 is 5.32 Å². The van der Waals surface area contributed by atoms with E-state index in [1.807, 2.05) is 17.0 Å². The molecule has 2 saturated heterocycles. The van der Waals surface area contributed by atoms with Crippen molar-refractivity contribution in [2.24, 2.45) is 0 Å². The van der Waals surface area contributed by atoms with Gasteiger partial charge in [0, 0.05) is 19.1 Å². The van der Waals surface area contributed by atoms with E-state index < -0.39 is 0 Å². The van der Waals surface area contributed by atoms with Crippen LogP contribution in [0.2, 0.25) is 0 Å². The van der Waals surface area contributed by atoms with Gasteiger partial charge in [0.05, 0.1) is 6.04 Å². The summed E-state index contributed by atoms with van der Waals surface area (Å²) in [6.45, 7) is 8.34. The Kier molecular flexibility index (Phi) is 4.67. The molecule has 2 aliphatic rings. The van der Waals surface area contributed by atoms with Gasteiger partial charge in [-0.2, -0.15) is 0 Å². The molecule has 120 valence electrons. The van der Waals surface area contributed by atoms with Crippen molar-refractivity contribution in [3.8, 4) is 0 Å². The number of rotatable bonds is 3. The Balaban J connectivity index is 1.55. The summed E-state index contributed by atoms with van der Waals surface area (Å²) in [5, 5.41) is 3.16. The number of benzene rings is 1. The van der Waals surface area contributed by atoms with Gasteiger partial charge in [0.25, 0.3) is 0 Å². The van der Waals surface area contributed by atoms with Gasteiger partial charge in [-0.1, -0.05) is 24.3 Å². The Morgan fingerprint density at radius 1 is 1.23 bits per heavy atom. The van der Waals surface area contributed by atoms with E-state index in [-0.39, 0.29) is 12.1 Å². The number of aryl methyl sites for hydroxylation is 1. The van der Waals surface area contributed by atoms with Crippen LogP contribution in [0, 0.1) is 6.92 Å². The minimum absolute atomic E-state index is 0.0551. The number of nitrogens with zero attached hydrogens (tertiary/aromatic N) is 2. The maximum Gasteiger partial charge on any atom is 0.317 e. The fourth-order valence-corrected chi connectivity index (χ4v) is 3.76. The van der Waals surface area contributed by atoms with Crippen molar-refractivity contribution < 1.29 is 4.79 Å². The minimum atomic E-state index is 0.0551. The van der Waals surface area contributed by atoms with E-state index in [0.717, 1.165) is 19.5 Å². The molecule has 0 aliphatic carbocycles. The van der Waals surface area contributed by atoms with Crippen LogP contribution in [0.5, 0.6) is 0 Å². The lowest BCUT2D eigenvalue weighted by Crippen LogP contribution is -2.42. The number of urea groups is 1. The van der Waals surface area contributed by atoms with Gasteiger partial charge in [-0.3, -0.25) is 4.90 Å². The fraction of sp³-hybridized carbons (Fsp3) is 0.611. The van der Waals surface area contributed by atoms with E-state index in [2.05, 4.69) is 36.2 Å². The molecule has 3 rings (SSSR count). The number of carbonyl (C=O) groups is 1. The largest absolute Gasteiger partial charge is 0.331 e. The quantitative estimate of drug-likeness (QED) is 0.931. The van der Waals surface area contributed by atoms with Gasteiger partial charge in [-0.05, 0) is 57.3 Å². The maximum atomic E-state index is 12.5. The molecule has 2 fully saturated rings. The van der Waals surface area contributed by atoms with Gasteiger partial charge >= 0.3 is 6.03 Å². The summed E-state index contributed by atoms with van der Waals surface area (Å²) in [7, 11) is 0. The van der Waals surface area contributed by atoms with Gasteiger partial charge in [0.15, 0.2) is 0 Å². The van der Waals surface area contributed by atoms with E-state index in [1.54, 1.807) is 0 Å². The monoisotopic (exact) mass is 301 g/mol. The molecule has 1 aromatic carbocycles. The standard InChI is InChI=1S/C18H27N3O/c1-14-7-3-4-8-17(14)15(2)19-18(22)21-12-9-16(13-21)20-10-5-6-11-20/h3-4,7-8,15-16H,5-6,9-13H2,1-2H3,(H,19,22)/t15-,16-/m1/s1. The summed E-state index contributed by atoms with van der Waals surface area (Å²) in [5.74, 6) is 0. The zero-order chi connectivity index (χ0) is 15.5. The molecular weight excluding hydrogens is 274 g/mol. The molecule has 4 nitrogen and oxygen atoms in total. The molecule has 0 unspecified atom stereocenters. The molecule has 0 bridgehead atoms. The van der Waals surface area contributed by atoms with E-state index in [0.29, 0.717) is 6.04 Å². The third-order valence-corrected chi connectivity index (χ3v) is 5.10. The third kappa shape index (κ3) is 3.27. The molecule has 22 heavy (non-hydrogen) atoms. The number of likely N-dealkylation sites (tertiary alicyclic amines) is 2. The van der Waals surface area contributed by atoms with E-state index in [1.165, 1.54) is 37.1 Å². The first-order valence-corrected chi connectivity index (χ1v) is 8.50. The maximum absolute atomic E-state index is 12.5. The normalized spacial score (nSPS) is 23.7. The smallest absolute Gasteiger partial charge is 0.317 e. The molecule has 2 aliphatic heterocycles. The Labute approximate surface area is 133 Å². The van der Waals surface area contributed by atoms with Gasteiger partial charge in [-0.25, -0.2) is 4.79 Å². The summed E-state index contributed by atoms with van der Waals surface area (Å²) < 4.78 is 0. The minimum Gasteiger partial charge on any atom is -0.331 e. The topological polar surface area (TPSA) is 35.6 Å². The summed E-state index contributed by atoms with van der Waals surface area (Å²) in [6, 6.07) is 8.96.